The van der Waals surface area contributed by atoms with Gasteiger partial charge in [-0.25, -0.2) is 4.79 Å². The second kappa shape index (κ2) is 4.10. The van der Waals surface area contributed by atoms with Crippen molar-refractivity contribution in [1.82, 2.24) is 9.55 Å². The molecule has 0 aromatic carbocycles. The Balaban J connectivity index is 2.56. The summed E-state index contributed by atoms with van der Waals surface area (Å²) in [7, 11) is 0. The maximum atomic E-state index is 11.6. The molecule has 1 aromatic rings. The molecule has 0 aliphatic carbocycles. The number of aromatic nitrogens is 2. The predicted molar refractivity (Wildman–Crippen MR) is 57.7 cm³/mol. The summed E-state index contributed by atoms with van der Waals surface area (Å²) in [6.07, 6.45) is 0.333. The molecule has 7 nitrogen and oxygen atoms in total. The molecule has 0 amide bonds. The number of aromatic amines is 1. The summed E-state index contributed by atoms with van der Waals surface area (Å²) in [5, 5.41) is 20.1. The molecule has 94 valence electrons. The van der Waals surface area contributed by atoms with Gasteiger partial charge in [-0.3, -0.25) is 14.3 Å². The molecule has 0 bridgehead atoms. The lowest BCUT2D eigenvalue weighted by Gasteiger charge is -2.37. The minimum absolute atomic E-state index is 0.195. The molecule has 1 aromatic heterocycles. The van der Waals surface area contributed by atoms with E-state index in [1.807, 2.05) is 0 Å². The smallest absolute Gasteiger partial charge is 0.330 e. The number of rotatable bonds is 1. The fourth-order valence-corrected chi connectivity index (χ4v) is 1.83. The highest BCUT2D eigenvalue weighted by atomic mass is 16.5. The van der Waals surface area contributed by atoms with Crippen LogP contribution in [-0.2, 0) is 10.5 Å². The highest BCUT2D eigenvalue weighted by Gasteiger charge is 2.41. The van der Waals surface area contributed by atoms with Gasteiger partial charge in [0.1, 0.15) is 6.10 Å². The van der Waals surface area contributed by atoms with Crippen LogP contribution in [0.15, 0.2) is 15.8 Å². The topological polar surface area (TPSA) is 105 Å². The van der Waals surface area contributed by atoms with E-state index in [1.165, 1.54) is 13.1 Å². The Bertz CT molecular complexity index is 534. The molecule has 0 unspecified atom stereocenters. The molecule has 1 fully saturated rings. The Morgan fingerprint density at radius 3 is 2.94 bits per heavy atom. The summed E-state index contributed by atoms with van der Waals surface area (Å²) in [5.41, 5.74) is -2.84. The second-order valence-electron chi connectivity index (χ2n) is 4.18. The number of H-pyrrole nitrogens is 1. The van der Waals surface area contributed by atoms with Crippen LogP contribution in [0, 0.1) is 6.92 Å². The van der Waals surface area contributed by atoms with E-state index in [2.05, 4.69) is 4.98 Å². The van der Waals surface area contributed by atoms with E-state index in [0.29, 0.717) is 6.61 Å². The van der Waals surface area contributed by atoms with Gasteiger partial charge in [0.25, 0.3) is 5.56 Å². The number of nitrogens with zero attached hydrogens (tertiary/aromatic N) is 1. The van der Waals surface area contributed by atoms with Gasteiger partial charge in [0.05, 0.1) is 6.61 Å². The molecule has 2 rings (SSSR count). The van der Waals surface area contributed by atoms with Gasteiger partial charge in [0, 0.05) is 24.8 Å². The third-order valence-corrected chi connectivity index (χ3v) is 2.92. The van der Waals surface area contributed by atoms with Crippen molar-refractivity contribution in [2.75, 3.05) is 13.2 Å². The number of aliphatic hydroxyl groups excluding tert-OH is 1. The van der Waals surface area contributed by atoms with Gasteiger partial charge >= 0.3 is 5.69 Å². The Morgan fingerprint density at radius 2 is 2.29 bits per heavy atom. The molecular weight excluding hydrogens is 228 g/mol. The lowest BCUT2D eigenvalue weighted by molar-refractivity contribution is -0.208. The van der Waals surface area contributed by atoms with E-state index in [9.17, 15) is 19.8 Å². The number of hydrogen-bond acceptors (Lipinski definition) is 5. The minimum Gasteiger partial charge on any atom is -0.388 e. The standard InChI is InChI=1S/C10H14N2O5/c1-6-4-12(9(15)11-8(6)14)10(16)5-17-3-2-7(10)13/h4,7,13,16H,2-3,5H2,1H3,(H,11,14,15)/t7-,10-/m0/s1. The van der Waals surface area contributed by atoms with Gasteiger partial charge in [-0.2, -0.15) is 0 Å². The zero-order chi connectivity index (χ0) is 12.6. The van der Waals surface area contributed by atoms with Gasteiger partial charge in [-0.15, -0.1) is 0 Å². The summed E-state index contributed by atoms with van der Waals surface area (Å²) in [6.45, 7) is 1.63. The summed E-state index contributed by atoms with van der Waals surface area (Å²) in [6, 6.07) is 0. The maximum absolute atomic E-state index is 11.6. The molecule has 1 aliphatic heterocycles. The lowest BCUT2D eigenvalue weighted by Crippen LogP contribution is -2.57. The number of aliphatic hydroxyl groups is 2. The molecule has 0 spiro atoms. The molecule has 1 aliphatic rings. The highest BCUT2D eigenvalue weighted by molar-refractivity contribution is 5.04. The van der Waals surface area contributed by atoms with Gasteiger partial charge in [0.15, 0.2) is 5.72 Å². The Hall–Kier alpha value is -1.44. The zero-order valence-corrected chi connectivity index (χ0v) is 9.34. The summed E-state index contributed by atoms with van der Waals surface area (Å²) in [4.78, 5) is 24.9. The molecule has 3 N–H and O–H groups in total. The predicted octanol–water partition coefficient (Wildman–Crippen LogP) is -1.73. The van der Waals surface area contributed by atoms with Gasteiger partial charge in [-0.05, 0) is 6.92 Å². The van der Waals surface area contributed by atoms with Crippen LogP contribution in [0.4, 0.5) is 0 Å². The number of hydrogen-bond donors (Lipinski definition) is 3. The van der Waals surface area contributed by atoms with Crippen LogP contribution in [0.5, 0.6) is 0 Å². The number of nitrogens with one attached hydrogen (secondary N) is 1. The van der Waals surface area contributed by atoms with E-state index < -0.39 is 23.1 Å². The van der Waals surface area contributed by atoms with Gasteiger partial charge in [0.2, 0.25) is 0 Å². The van der Waals surface area contributed by atoms with Crippen molar-refractivity contribution in [2.24, 2.45) is 0 Å². The molecule has 1 saturated heterocycles. The maximum Gasteiger partial charge on any atom is 0.330 e. The van der Waals surface area contributed by atoms with Crippen LogP contribution in [0.3, 0.4) is 0 Å². The molecule has 17 heavy (non-hydrogen) atoms. The monoisotopic (exact) mass is 242 g/mol. The van der Waals surface area contributed by atoms with Crippen LogP contribution in [0.2, 0.25) is 0 Å². The van der Waals surface area contributed by atoms with E-state index in [0.717, 1.165) is 4.57 Å². The molecular formula is C10H14N2O5. The highest BCUT2D eigenvalue weighted by Crippen LogP contribution is 2.23. The van der Waals surface area contributed by atoms with Gasteiger partial charge < -0.3 is 14.9 Å². The first-order chi connectivity index (χ1) is 7.95. The molecule has 7 heteroatoms. The second-order valence-corrected chi connectivity index (χ2v) is 4.18. The quantitative estimate of drug-likeness (QED) is 0.543. The summed E-state index contributed by atoms with van der Waals surface area (Å²) < 4.78 is 5.98. The van der Waals surface area contributed by atoms with E-state index in [-0.39, 0.29) is 18.6 Å². The molecule has 0 saturated carbocycles. The molecule has 0 radical (unpaired) electrons. The van der Waals surface area contributed by atoms with Crippen LogP contribution in [0.1, 0.15) is 12.0 Å². The Kier molecular flexibility index (Phi) is 2.90. The molecule has 2 atom stereocenters. The van der Waals surface area contributed by atoms with Gasteiger partial charge in [-0.1, -0.05) is 0 Å². The SMILES string of the molecule is Cc1cn([C@]2(O)COCC[C@@H]2O)c(=O)[nH]c1=O. The first-order valence-corrected chi connectivity index (χ1v) is 5.26. The average molecular weight is 242 g/mol. The van der Waals surface area contributed by atoms with Crippen molar-refractivity contribution in [2.45, 2.75) is 25.2 Å². The Morgan fingerprint density at radius 1 is 1.59 bits per heavy atom. The van der Waals surface area contributed by atoms with Crippen LogP contribution in [-0.4, -0.2) is 39.1 Å². The third kappa shape index (κ3) is 1.92. The van der Waals surface area contributed by atoms with Crippen LogP contribution in [0.25, 0.3) is 0 Å². The minimum atomic E-state index is -1.83. The van der Waals surface area contributed by atoms with Crippen LogP contribution < -0.4 is 11.2 Å². The van der Waals surface area contributed by atoms with Crippen molar-refractivity contribution in [3.05, 3.63) is 32.6 Å². The largest absolute Gasteiger partial charge is 0.388 e. The van der Waals surface area contributed by atoms with E-state index >= 15 is 0 Å². The van der Waals surface area contributed by atoms with Crippen molar-refractivity contribution in [3.63, 3.8) is 0 Å². The zero-order valence-electron chi connectivity index (χ0n) is 9.34. The van der Waals surface area contributed by atoms with Crippen LogP contribution >= 0.6 is 0 Å². The molecule has 2 heterocycles. The third-order valence-electron chi connectivity index (χ3n) is 2.92. The average Bonchev–Trinajstić information content (AvgIpc) is 2.27. The summed E-state index contributed by atoms with van der Waals surface area (Å²) >= 11 is 0. The fraction of sp³-hybridized carbons (Fsp3) is 0.600. The van der Waals surface area contributed by atoms with Crippen molar-refractivity contribution in [3.8, 4) is 0 Å². The fourth-order valence-electron chi connectivity index (χ4n) is 1.83. The van der Waals surface area contributed by atoms with Crippen molar-refractivity contribution >= 4 is 0 Å². The Labute approximate surface area is 96.3 Å². The first kappa shape index (κ1) is 12.0. The number of ether oxygens (including phenoxy) is 1. The van der Waals surface area contributed by atoms with E-state index in [4.69, 9.17) is 4.74 Å². The van der Waals surface area contributed by atoms with E-state index in [1.54, 1.807) is 0 Å². The number of aryl methyl sites for hydroxylation is 1. The normalized spacial score (nSPS) is 29.2. The van der Waals surface area contributed by atoms with Crippen molar-refractivity contribution < 1.29 is 14.9 Å². The first-order valence-electron chi connectivity index (χ1n) is 5.26. The van der Waals surface area contributed by atoms with Crippen molar-refractivity contribution in [1.29, 1.82) is 0 Å². The lowest BCUT2D eigenvalue weighted by atomic mass is 10.0. The summed E-state index contributed by atoms with van der Waals surface area (Å²) in [5.74, 6) is 0.